The van der Waals surface area contributed by atoms with Crippen LogP contribution in [0.2, 0.25) is 0 Å². The summed E-state index contributed by atoms with van der Waals surface area (Å²) in [6.07, 6.45) is 1.36. The topological polar surface area (TPSA) is 80.3 Å². The Bertz CT molecular complexity index is 754. The lowest BCUT2D eigenvalue weighted by atomic mass is 9.87. The summed E-state index contributed by atoms with van der Waals surface area (Å²) in [4.78, 5) is 0.133. The Morgan fingerprint density at radius 1 is 1.14 bits per heavy atom. The molecule has 1 N–H and O–H groups in total. The van der Waals surface area contributed by atoms with Crippen LogP contribution in [0.4, 0.5) is 0 Å². The van der Waals surface area contributed by atoms with Crippen molar-refractivity contribution in [1.29, 1.82) is 0 Å². The number of hydrogen-bond acceptors (Lipinski definition) is 4. The monoisotopic (exact) mass is 329 g/mol. The van der Waals surface area contributed by atoms with Crippen molar-refractivity contribution < 1.29 is 16.8 Å². The summed E-state index contributed by atoms with van der Waals surface area (Å²) < 4.78 is 49.4. The lowest BCUT2D eigenvalue weighted by molar-refractivity contribution is 0.572. The van der Waals surface area contributed by atoms with Gasteiger partial charge in [-0.25, -0.2) is 21.6 Å². The molecule has 1 atom stereocenters. The van der Waals surface area contributed by atoms with E-state index in [-0.39, 0.29) is 16.1 Å². The number of sulfone groups is 1. The van der Waals surface area contributed by atoms with Crippen molar-refractivity contribution in [2.24, 2.45) is 0 Å². The van der Waals surface area contributed by atoms with Gasteiger partial charge in [-0.1, -0.05) is 39.0 Å². The summed E-state index contributed by atoms with van der Waals surface area (Å²) in [7, 11) is -7.01. The molecule has 1 aliphatic heterocycles. The number of sulfonamides is 1. The highest BCUT2D eigenvalue weighted by atomic mass is 32.2. The molecule has 0 bridgehead atoms. The highest BCUT2D eigenvalue weighted by Crippen LogP contribution is 2.23. The Balaban J connectivity index is 2.19. The molecule has 0 amide bonds. The van der Waals surface area contributed by atoms with Crippen LogP contribution in [0, 0.1) is 0 Å². The van der Waals surface area contributed by atoms with Crippen LogP contribution in [-0.4, -0.2) is 28.6 Å². The van der Waals surface area contributed by atoms with Gasteiger partial charge in [-0.3, -0.25) is 0 Å². The van der Waals surface area contributed by atoms with Crippen LogP contribution in [0.1, 0.15) is 26.3 Å². The van der Waals surface area contributed by atoms with Gasteiger partial charge < -0.3 is 0 Å². The minimum absolute atomic E-state index is 0.0576. The van der Waals surface area contributed by atoms with Crippen LogP contribution in [0.25, 0.3) is 0 Å². The van der Waals surface area contributed by atoms with Crippen LogP contribution >= 0.6 is 0 Å². The first-order chi connectivity index (χ1) is 9.50. The molecule has 0 fully saturated rings. The van der Waals surface area contributed by atoms with E-state index < -0.39 is 25.9 Å². The van der Waals surface area contributed by atoms with Gasteiger partial charge in [0.05, 0.1) is 16.7 Å². The highest BCUT2D eigenvalue weighted by molar-refractivity contribution is 7.94. The van der Waals surface area contributed by atoms with E-state index in [0.29, 0.717) is 0 Å². The molecule has 0 spiro atoms. The molecular formula is C14H19NO4S2. The molecule has 0 aromatic heterocycles. The standard InChI is InChI=1S/C14H19NO4S2/c1-14(2,3)11-4-6-13(7-5-11)21(18,19)15-12-8-9-20(16,17)10-12/h4-9,12,15H,10H2,1-3H3/t12-/m0/s1. The first-order valence-electron chi connectivity index (χ1n) is 6.53. The van der Waals surface area contributed by atoms with Gasteiger partial charge in [-0.15, -0.1) is 0 Å². The van der Waals surface area contributed by atoms with E-state index in [9.17, 15) is 16.8 Å². The van der Waals surface area contributed by atoms with E-state index in [1.54, 1.807) is 12.1 Å². The summed E-state index contributed by atoms with van der Waals surface area (Å²) in [5.41, 5.74) is 0.975. The summed E-state index contributed by atoms with van der Waals surface area (Å²) in [5.74, 6) is -0.230. The Morgan fingerprint density at radius 2 is 1.71 bits per heavy atom. The van der Waals surface area contributed by atoms with E-state index in [0.717, 1.165) is 11.0 Å². The van der Waals surface area contributed by atoms with Gasteiger partial charge in [-0.2, -0.15) is 0 Å². The predicted octanol–water partition coefficient (Wildman–Crippen LogP) is 1.57. The molecule has 1 aromatic carbocycles. The van der Waals surface area contributed by atoms with E-state index in [1.165, 1.54) is 18.2 Å². The predicted molar refractivity (Wildman–Crippen MR) is 82.2 cm³/mol. The van der Waals surface area contributed by atoms with Gasteiger partial charge >= 0.3 is 0 Å². The van der Waals surface area contributed by atoms with E-state index in [1.807, 2.05) is 20.8 Å². The van der Waals surface area contributed by atoms with Crippen molar-refractivity contribution in [1.82, 2.24) is 4.72 Å². The molecule has 5 nitrogen and oxygen atoms in total. The van der Waals surface area contributed by atoms with Crippen LogP contribution in [-0.2, 0) is 25.3 Å². The van der Waals surface area contributed by atoms with Crippen molar-refractivity contribution >= 4 is 19.9 Å². The number of hydrogen-bond donors (Lipinski definition) is 1. The summed E-state index contributed by atoms with van der Waals surface area (Å²) in [6, 6.07) is 5.92. The minimum Gasteiger partial charge on any atom is -0.224 e. The molecule has 1 aliphatic rings. The lowest BCUT2D eigenvalue weighted by Crippen LogP contribution is -2.35. The van der Waals surface area contributed by atoms with Crippen molar-refractivity contribution in [3.8, 4) is 0 Å². The van der Waals surface area contributed by atoms with E-state index in [4.69, 9.17) is 0 Å². The summed E-state index contributed by atoms with van der Waals surface area (Å²) >= 11 is 0. The first kappa shape index (κ1) is 16.2. The third-order valence-electron chi connectivity index (χ3n) is 3.27. The van der Waals surface area contributed by atoms with Crippen molar-refractivity contribution in [3.05, 3.63) is 41.3 Å². The second-order valence-corrected chi connectivity index (χ2v) is 9.81. The van der Waals surface area contributed by atoms with Crippen LogP contribution in [0.5, 0.6) is 0 Å². The lowest BCUT2D eigenvalue weighted by Gasteiger charge is -2.19. The Hall–Kier alpha value is -1.18. The smallest absolute Gasteiger partial charge is 0.224 e. The maximum atomic E-state index is 12.2. The van der Waals surface area contributed by atoms with Gasteiger partial charge in [0.2, 0.25) is 10.0 Å². The molecule has 0 saturated carbocycles. The number of benzene rings is 1. The summed E-state index contributed by atoms with van der Waals surface area (Å²) in [5, 5.41) is 1.04. The third kappa shape index (κ3) is 3.93. The second-order valence-electron chi connectivity index (χ2n) is 6.16. The zero-order valence-corrected chi connectivity index (χ0v) is 13.8. The molecule has 116 valence electrons. The molecule has 0 radical (unpaired) electrons. The minimum atomic E-state index is -3.72. The molecule has 0 saturated heterocycles. The Morgan fingerprint density at radius 3 is 2.14 bits per heavy atom. The van der Waals surface area contributed by atoms with Crippen LogP contribution < -0.4 is 4.72 Å². The number of nitrogens with one attached hydrogen (secondary N) is 1. The maximum absolute atomic E-state index is 12.2. The molecule has 7 heteroatoms. The van der Waals surface area contributed by atoms with Crippen molar-refractivity contribution in [2.45, 2.75) is 37.1 Å². The largest absolute Gasteiger partial charge is 0.241 e. The van der Waals surface area contributed by atoms with Gasteiger partial charge in [0.15, 0.2) is 9.84 Å². The average molecular weight is 329 g/mol. The van der Waals surface area contributed by atoms with Gasteiger partial charge in [0.25, 0.3) is 0 Å². The fraction of sp³-hybridized carbons (Fsp3) is 0.429. The molecule has 21 heavy (non-hydrogen) atoms. The highest BCUT2D eigenvalue weighted by Gasteiger charge is 2.27. The first-order valence-corrected chi connectivity index (χ1v) is 9.73. The van der Waals surface area contributed by atoms with Crippen molar-refractivity contribution in [3.63, 3.8) is 0 Å². The Kier molecular flexibility index (Phi) is 4.03. The zero-order chi connectivity index (χ0) is 15.9. The number of rotatable bonds is 3. The van der Waals surface area contributed by atoms with Gasteiger partial charge in [0.1, 0.15) is 0 Å². The third-order valence-corrected chi connectivity index (χ3v) is 6.17. The zero-order valence-electron chi connectivity index (χ0n) is 12.2. The molecular weight excluding hydrogens is 310 g/mol. The molecule has 0 unspecified atom stereocenters. The van der Waals surface area contributed by atoms with E-state index in [2.05, 4.69) is 4.72 Å². The fourth-order valence-electron chi connectivity index (χ4n) is 2.05. The normalized spacial score (nSPS) is 21.6. The summed E-state index contributed by atoms with van der Waals surface area (Å²) in [6.45, 7) is 6.13. The molecule has 2 rings (SSSR count). The fourth-order valence-corrected chi connectivity index (χ4v) is 4.58. The molecule has 1 aromatic rings. The van der Waals surface area contributed by atoms with Crippen LogP contribution in [0.15, 0.2) is 40.6 Å². The van der Waals surface area contributed by atoms with Gasteiger partial charge in [0, 0.05) is 5.41 Å². The SMILES string of the molecule is CC(C)(C)c1ccc(S(=O)(=O)N[C@H]2C=CS(=O)(=O)C2)cc1. The average Bonchev–Trinajstić information content (AvgIpc) is 2.67. The molecule has 1 heterocycles. The Labute approximate surface area is 126 Å². The molecule has 0 aliphatic carbocycles. The van der Waals surface area contributed by atoms with Crippen molar-refractivity contribution in [2.75, 3.05) is 5.75 Å². The van der Waals surface area contributed by atoms with E-state index >= 15 is 0 Å². The maximum Gasteiger partial charge on any atom is 0.241 e. The van der Waals surface area contributed by atoms with Crippen LogP contribution in [0.3, 0.4) is 0 Å². The second kappa shape index (κ2) is 5.23. The quantitative estimate of drug-likeness (QED) is 0.913. The van der Waals surface area contributed by atoms with Gasteiger partial charge in [-0.05, 0) is 23.1 Å².